The standard InChI is InChI=1S/C17H23NO/c1-3-18-13-7-8-14(2)19-17-12-6-10-15-9-4-5-11-16(15)17/h4-6,9-12,14,18H,3,7-8,13H2,1-2H3. The molecule has 0 amide bonds. The van der Waals surface area contributed by atoms with E-state index < -0.39 is 0 Å². The quantitative estimate of drug-likeness (QED) is 0.757. The fourth-order valence-corrected chi connectivity index (χ4v) is 2.27. The van der Waals surface area contributed by atoms with Gasteiger partial charge in [0.15, 0.2) is 0 Å². The van der Waals surface area contributed by atoms with E-state index in [1.54, 1.807) is 0 Å². The van der Waals surface area contributed by atoms with E-state index in [9.17, 15) is 0 Å². The third kappa shape index (κ3) is 3.97. The average Bonchev–Trinajstić information content (AvgIpc) is 2.44. The van der Waals surface area contributed by atoms with Gasteiger partial charge in [0.1, 0.15) is 5.75 Å². The van der Waals surface area contributed by atoms with Crippen LogP contribution in [0.5, 0.6) is 5.75 Å². The van der Waals surface area contributed by atoms with Gasteiger partial charge >= 0.3 is 0 Å². The molecular formula is C17H23NO. The highest BCUT2D eigenvalue weighted by atomic mass is 16.5. The summed E-state index contributed by atoms with van der Waals surface area (Å²) in [6, 6.07) is 14.6. The van der Waals surface area contributed by atoms with Crippen molar-refractivity contribution < 1.29 is 4.74 Å². The van der Waals surface area contributed by atoms with Crippen molar-refractivity contribution in [3.8, 4) is 5.75 Å². The third-order valence-corrected chi connectivity index (χ3v) is 3.29. The first-order chi connectivity index (χ1) is 9.31. The molecule has 1 atom stereocenters. The summed E-state index contributed by atoms with van der Waals surface area (Å²) >= 11 is 0. The molecule has 0 heterocycles. The van der Waals surface area contributed by atoms with E-state index in [4.69, 9.17) is 4.74 Å². The molecule has 0 aromatic heterocycles. The van der Waals surface area contributed by atoms with Crippen molar-refractivity contribution in [1.29, 1.82) is 0 Å². The normalized spacial score (nSPS) is 12.5. The average molecular weight is 257 g/mol. The van der Waals surface area contributed by atoms with E-state index in [-0.39, 0.29) is 6.10 Å². The molecule has 19 heavy (non-hydrogen) atoms. The maximum atomic E-state index is 6.08. The van der Waals surface area contributed by atoms with Gasteiger partial charge in [0.05, 0.1) is 6.10 Å². The summed E-state index contributed by atoms with van der Waals surface area (Å²) in [6.07, 6.45) is 2.49. The molecule has 0 radical (unpaired) electrons. The maximum absolute atomic E-state index is 6.08. The molecule has 0 aliphatic carbocycles. The van der Waals surface area contributed by atoms with Crippen LogP contribution in [0.2, 0.25) is 0 Å². The number of fused-ring (bicyclic) bond motifs is 1. The third-order valence-electron chi connectivity index (χ3n) is 3.29. The van der Waals surface area contributed by atoms with Crippen molar-refractivity contribution >= 4 is 10.8 Å². The second-order valence-electron chi connectivity index (χ2n) is 4.90. The molecule has 102 valence electrons. The Hall–Kier alpha value is -1.54. The summed E-state index contributed by atoms with van der Waals surface area (Å²) in [5, 5.41) is 5.78. The van der Waals surface area contributed by atoms with Crippen molar-refractivity contribution in [2.24, 2.45) is 0 Å². The van der Waals surface area contributed by atoms with E-state index in [1.165, 1.54) is 10.8 Å². The van der Waals surface area contributed by atoms with Gasteiger partial charge in [0.25, 0.3) is 0 Å². The van der Waals surface area contributed by atoms with Gasteiger partial charge in [0, 0.05) is 5.39 Å². The van der Waals surface area contributed by atoms with E-state index in [2.05, 4.69) is 61.6 Å². The number of rotatable bonds is 7. The maximum Gasteiger partial charge on any atom is 0.127 e. The second kappa shape index (κ2) is 7.15. The Balaban J connectivity index is 1.97. The Kier molecular flexibility index (Phi) is 5.22. The van der Waals surface area contributed by atoms with Gasteiger partial charge in [-0.25, -0.2) is 0 Å². The minimum Gasteiger partial charge on any atom is -0.490 e. The Morgan fingerprint density at radius 3 is 2.74 bits per heavy atom. The number of benzene rings is 2. The molecule has 2 rings (SSSR count). The van der Waals surface area contributed by atoms with Crippen molar-refractivity contribution in [3.05, 3.63) is 42.5 Å². The van der Waals surface area contributed by atoms with Crippen LogP contribution in [-0.2, 0) is 0 Å². The summed E-state index contributed by atoms with van der Waals surface area (Å²) in [4.78, 5) is 0. The summed E-state index contributed by atoms with van der Waals surface area (Å²) in [7, 11) is 0. The largest absolute Gasteiger partial charge is 0.490 e. The first-order valence-corrected chi connectivity index (χ1v) is 7.16. The van der Waals surface area contributed by atoms with E-state index >= 15 is 0 Å². The Morgan fingerprint density at radius 2 is 1.89 bits per heavy atom. The lowest BCUT2D eigenvalue weighted by atomic mass is 10.1. The Morgan fingerprint density at radius 1 is 1.11 bits per heavy atom. The highest BCUT2D eigenvalue weighted by Gasteiger charge is 2.06. The predicted octanol–water partition coefficient (Wildman–Crippen LogP) is 4.00. The zero-order valence-corrected chi connectivity index (χ0v) is 11.9. The highest BCUT2D eigenvalue weighted by molar-refractivity contribution is 5.88. The molecular weight excluding hydrogens is 234 g/mol. The SMILES string of the molecule is CCNCCCC(C)Oc1cccc2ccccc12. The van der Waals surface area contributed by atoms with Crippen molar-refractivity contribution in [3.63, 3.8) is 0 Å². The van der Waals surface area contributed by atoms with Gasteiger partial charge in [-0.1, -0.05) is 43.3 Å². The van der Waals surface area contributed by atoms with Crippen molar-refractivity contribution in [1.82, 2.24) is 5.32 Å². The Bertz CT molecular complexity index is 504. The van der Waals surface area contributed by atoms with Crippen LogP contribution < -0.4 is 10.1 Å². The van der Waals surface area contributed by atoms with Crippen molar-refractivity contribution in [2.45, 2.75) is 32.8 Å². The highest BCUT2D eigenvalue weighted by Crippen LogP contribution is 2.26. The molecule has 0 saturated carbocycles. The minimum atomic E-state index is 0.254. The molecule has 0 spiro atoms. The molecule has 0 aliphatic heterocycles. The number of hydrogen-bond acceptors (Lipinski definition) is 2. The lowest BCUT2D eigenvalue weighted by Crippen LogP contribution is -2.18. The van der Waals surface area contributed by atoms with Crippen LogP contribution in [0.4, 0.5) is 0 Å². The smallest absolute Gasteiger partial charge is 0.127 e. The molecule has 1 N–H and O–H groups in total. The van der Waals surface area contributed by atoms with Gasteiger partial charge in [0.2, 0.25) is 0 Å². The summed E-state index contributed by atoms with van der Waals surface area (Å²) in [5.74, 6) is 0.994. The van der Waals surface area contributed by atoms with E-state index in [0.29, 0.717) is 0 Å². The second-order valence-corrected chi connectivity index (χ2v) is 4.90. The molecule has 1 unspecified atom stereocenters. The number of hydrogen-bond donors (Lipinski definition) is 1. The van der Waals surface area contributed by atoms with Crippen LogP contribution in [0.15, 0.2) is 42.5 Å². The number of ether oxygens (including phenoxy) is 1. The van der Waals surface area contributed by atoms with Crippen LogP contribution in [0.3, 0.4) is 0 Å². The number of nitrogens with one attached hydrogen (secondary N) is 1. The zero-order valence-electron chi connectivity index (χ0n) is 11.9. The predicted molar refractivity (Wildman–Crippen MR) is 81.8 cm³/mol. The van der Waals surface area contributed by atoms with Gasteiger partial charge < -0.3 is 10.1 Å². The molecule has 2 aromatic carbocycles. The first-order valence-electron chi connectivity index (χ1n) is 7.16. The van der Waals surface area contributed by atoms with Crippen LogP contribution in [0.25, 0.3) is 10.8 Å². The summed E-state index contributed by atoms with van der Waals surface area (Å²) in [5.41, 5.74) is 0. The molecule has 0 fully saturated rings. The monoisotopic (exact) mass is 257 g/mol. The van der Waals surface area contributed by atoms with Gasteiger partial charge in [-0.05, 0) is 44.3 Å². The summed E-state index contributed by atoms with van der Waals surface area (Å²) in [6.45, 7) is 6.39. The van der Waals surface area contributed by atoms with Gasteiger partial charge in [-0.15, -0.1) is 0 Å². The van der Waals surface area contributed by atoms with Crippen LogP contribution >= 0.6 is 0 Å². The molecule has 2 aromatic rings. The van der Waals surface area contributed by atoms with Crippen LogP contribution in [-0.4, -0.2) is 19.2 Å². The lowest BCUT2D eigenvalue weighted by Gasteiger charge is -2.16. The fraction of sp³-hybridized carbons (Fsp3) is 0.412. The van der Waals surface area contributed by atoms with E-state index in [0.717, 1.165) is 31.7 Å². The van der Waals surface area contributed by atoms with Crippen LogP contribution in [0.1, 0.15) is 26.7 Å². The molecule has 2 nitrogen and oxygen atoms in total. The van der Waals surface area contributed by atoms with Gasteiger partial charge in [-0.3, -0.25) is 0 Å². The fourth-order valence-electron chi connectivity index (χ4n) is 2.27. The Labute approximate surface area is 115 Å². The first kappa shape index (κ1) is 13.9. The molecule has 0 bridgehead atoms. The van der Waals surface area contributed by atoms with Gasteiger partial charge in [-0.2, -0.15) is 0 Å². The van der Waals surface area contributed by atoms with Crippen molar-refractivity contribution in [2.75, 3.05) is 13.1 Å². The topological polar surface area (TPSA) is 21.3 Å². The minimum absolute atomic E-state index is 0.254. The molecule has 2 heteroatoms. The van der Waals surface area contributed by atoms with Crippen LogP contribution in [0, 0.1) is 0 Å². The molecule has 0 saturated heterocycles. The lowest BCUT2D eigenvalue weighted by molar-refractivity contribution is 0.210. The molecule has 0 aliphatic rings. The summed E-state index contributed by atoms with van der Waals surface area (Å²) < 4.78 is 6.08. The zero-order chi connectivity index (χ0) is 13.5. The van der Waals surface area contributed by atoms with E-state index in [1.807, 2.05) is 0 Å².